The molecule has 7 rings (SSSR count). The number of methoxy groups -OCH3 is 1. The Hall–Kier alpha value is -3.95. The van der Waals surface area contributed by atoms with Crippen molar-refractivity contribution in [2.24, 2.45) is 5.92 Å². The van der Waals surface area contributed by atoms with E-state index in [9.17, 15) is 9.59 Å². The van der Waals surface area contributed by atoms with Crippen LogP contribution in [-0.2, 0) is 6.54 Å². The predicted molar refractivity (Wildman–Crippen MR) is 158 cm³/mol. The molecule has 0 bridgehead atoms. The molecule has 2 aromatic carbocycles. The molecule has 204 valence electrons. The summed E-state index contributed by atoms with van der Waals surface area (Å²) in [7, 11) is 1.71. The monoisotopic (exact) mass is 554 g/mol. The maximum atomic E-state index is 13.4. The Balaban J connectivity index is 1.05. The van der Waals surface area contributed by atoms with Crippen molar-refractivity contribution >= 4 is 31.8 Å². The molecule has 0 aliphatic carbocycles. The quantitative estimate of drug-likeness (QED) is 0.289. The predicted octanol–water partition coefficient (Wildman–Crippen LogP) is 4.86. The molecule has 1 saturated heterocycles. The van der Waals surface area contributed by atoms with E-state index in [2.05, 4.69) is 9.88 Å². The number of hydrogen-bond acceptors (Lipinski definition) is 7. The van der Waals surface area contributed by atoms with Crippen molar-refractivity contribution < 1.29 is 9.47 Å². The van der Waals surface area contributed by atoms with Crippen LogP contribution in [0, 0.1) is 5.92 Å². The molecule has 5 heterocycles. The maximum absolute atomic E-state index is 13.4. The fourth-order valence-corrected chi connectivity index (χ4v) is 7.29. The minimum absolute atomic E-state index is 0.240. The number of nitrogens with zero attached hydrogens (tertiary/aromatic N) is 3. The number of aromatic amines is 1. The second kappa shape index (κ2) is 10.2. The van der Waals surface area contributed by atoms with Crippen LogP contribution in [0.1, 0.15) is 24.3 Å². The summed E-state index contributed by atoms with van der Waals surface area (Å²) in [6, 6.07) is 19.8. The second-order valence-corrected chi connectivity index (χ2v) is 11.7. The lowest BCUT2D eigenvalue weighted by Gasteiger charge is -2.29. The van der Waals surface area contributed by atoms with E-state index >= 15 is 0 Å². The van der Waals surface area contributed by atoms with Gasteiger partial charge in [0.2, 0.25) is 0 Å². The van der Waals surface area contributed by atoms with E-state index in [1.165, 1.54) is 21.5 Å². The second-order valence-electron chi connectivity index (χ2n) is 10.6. The van der Waals surface area contributed by atoms with Gasteiger partial charge in [0.25, 0.3) is 5.56 Å². The normalized spacial score (nSPS) is 18.5. The van der Waals surface area contributed by atoms with Crippen LogP contribution in [0.15, 0.2) is 70.3 Å². The number of likely N-dealkylation sites (tertiary alicyclic amines) is 1. The van der Waals surface area contributed by atoms with Gasteiger partial charge in [0.1, 0.15) is 21.7 Å². The Bertz CT molecular complexity index is 1810. The molecule has 0 saturated carbocycles. The highest BCUT2D eigenvalue weighted by molar-refractivity contribution is 7.25. The first kappa shape index (κ1) is 25.0. The average Bonchev–Trinajstić information content (AvgIpc) is 3.58. The fourth-order valence-electron chi connectivity index (χ4n) is 6.24. The summed E-state index contributed by atoms with van der Waals surface area (Å²) in [6.07, 6.45) is 1.65. The number of nitrogens with one attached hydrogen (secondary N) is 1. The van der Waals surface area contributed by atoms with E-state index in [1.54, 1.807) is 7.11 Å². The van der Waals surface area contributed by atoms with Gasteiger partial charge in [-0.25, -0.2) is 9.78 Å². The van der Waals surface area contributed by atoms with Gasteiger partial charge in [0.05, 0.1) is 29.6 Å². The van der Waals surface area contributed by atoms with Crippen LogP contribution in [0.4, 0.5) is 0 Å². The van der Waals surface area contributed by atoms with Crippen LogP contribution in [-0.4, -0.2) is 52.8 Å². The van der Waals surface area contributed by atoms with Gasteiger partial charge in [-0.1, -0.05) is 36.4 Å². The van der Waals surface area contributed by atoms with Crippen LogP contribution in [0.2, 0.25) is 0 Å². The zero-order chi connectivity index (χ0) is 27.2. The molecule has 1 fully saturated rings. The number of fused-ring (bicyclic) bond motifs is 6. The summed E-state index contributed by atoms with van der Waals surface area (Å²) in [5.74, 6) is 2.68. The summed E-state index contributed by atoms with van der Waals surface area (Å²) in [4.78, 5) is 36.6. The number of hydrogen-bond donors (Lipinski definition) is 1. The van der Waals surface area contributed by atoms with Crippen LogP contribution >= 0.6 is 11.3 Å². The van der Waals surface area contributed by atoms with Crippen molar-refractivity contribution in [2.45, 2.75) is 25.3 Å². The number of unbranched alkanes of at least 4 members (excludes halogenated alkanes) is 1. The van der Waals surface area contributed by atoms with Crippen LogP contribution in [0.5, 0.6) is 11.5 Å². The molecule has 0 radical (unpaired) electrons. The molecular weight excluding hydrogens is 524 g/mol. The smallest absolute Gasteiger partial charge is 0.328 e. The van der Waals surface area contributed by atoms with Gasteiger partial charge in [-0.3, -0.25) is 9.36 Å². The first-order chi connectivity index (χ1) is 19.6. The van der Waals surface area contributed by atoms with Crippen LogP contribution < -0.4 is 20.7 Å². The molecule has 2 aliphatic rings. The Morgan fingerprint density at radius 3 is 2.73 bits per heavy atom. The van der Waals surface area contributed by atoms with E-state index in [1.807, 2.05) is 60.7 Å². The molecule has 40 heavy (non-hydrogen) atoms. The lowest BCUT2D eigenvalue weighted by molar-refractivity contribution is 0.209. The van der Waals surface area contributed by atoms with E-state index in [4.69, 9.17) is 14.5 Å². The highest BCUT2D eigenvalue weighted by Gasteiger charge is 2.40. The third kappa shape index (κ3) is 4.30. The lowest BCUT2D eigenvalue weighted by atomic mass is 9.86. The summed E-state index contributed by atoms with van der Waals surface area (Å²) < 4.78 is 14.4. The van der Waals surface area contributed by atoms with E-state index in [0.717, 1.165) is 66.5 Å². The minimum Gasteiger partial charge on any atom is -0.496 e. The molecule has 5 aromatic rings. The number of aromatic nitrogens is 3. The van der Waals surface area contributed by atoms with E-state index in [-0.39, 0.29) is 11.2 Å². The average molecular weight is 555 g/mol. The topological polar surface area (TPSA) is 89.5 Å². The summed E-state index contributed by atoms with van der Waals surface area (Å²) in [6.45, 7) is 3.98. The number of rotatable bonds is 7. The Morgan fingerprint density at radius 1 is 1.02 bits per heavy atom. The summed E-state index contributed by atoms with van der Waals surface area (Å²) in [5.41, 5.74) is 3.57. The van der Waals surface area contributed by atoms with Crippen molar-refractivity contribution in [3.63, 3.8) is 0 Å². The highest BCUT2D eigenvalue weighted by Crippen LogP contribution is 2.46. The number of benzene rings is 2. The Kier molecular flexibility index (Phi) is 6.40. The molecule has 0 spiro atoms. The van der Waals surface area contributed by atoms with Gasteiger partial charge >= 0.3 is 5.69 Å². The molecule has 3 aromatic heterocycles. The lowest BCUT2D eigenvalue weighted by Crippen LogP contribution is -2.34. The Morgan fingerprint density at radius 2 is 1.88 bits per heavy atom. The summed E-state index contributed by atoms with van der Waals surface area (Å²) in [5, 5.41) is 0. The molecular formula is C31H30N4O4S. The summed E-state index contributed by atoms with van der Waals surface area (Å²) >= 11 is 1.39. The van der Waals surface area contributed by atoms with Crippen molar-refractivity contribution in [3.8, 4) is 22.8 Å². The van der Waals surface area contributed by atoms with Gasteiger partial charge in [-0.05, 0) is 43.7 Å². The standard InChI is InChI=1S/C31H30N4O4S/c1-38-23-10-7-11-24-26(23)21-17-34(16-20(21)18-39-24)14-5-6-15-35-30(36)29-28(33-31(35)37)27-25(40-29)13-12-22(32-27)19-8-3-2-4-9-19/h2-4,7-13,20-21H,5-6,14-18H2,1H3,(H,33,37)/t20-,21+/m0/s1. The molecule has 1 N–H and O–H groups in total. The molecule has 2 aliphatic heterocycles. The van der Waals surface area contributed by atoms with Gasteiger partial charge in [0, 0.05) is 42.6 Å². The molecule has 9 heteroatoms. The number of ether oxygens (including phenoxy) is 2. The van der Waals surface area contributed by atoms with Gasteiger partial charge in [0.15, 0.2) is 0 Å². The molecule has 0 amide bonds. The molecule has 8 nitrogen and oxygen atoms in total. The number of H-pyrrole nitrogens is 1. The first-order valence-corrected chi connectivity index (χ1v) is 14.6. The highest BCUT2D eigenvalue weighted by atomic mass is 32.1. The fraction of sp³-hybridized carbons (Fsp3) is 0.323. The van der Waals surface area contributed by atoms with Gasteiger partial charge in [-0.2, -0.15) is 0 Å². The van der Waals surface area contributed by atoms with Crippen LogP contribution in [0.3, 0.4) is 0 Å². The zero-order valence-electron chi connectivity index (χ0n) is 22.3. The SMILES string of the molecule is COc1cccc2c1[C@@H]1CN(CCCCn3c(=O)[nH]c4c(sc5ccc(-c6ccccc6)nc54)c3=O)C[C@H]1CO2. The van der Waals surface area contributed by atoms with Crippen molar-refractivity contribution in [3.05, 3.63) is 87.1 Å². The van der Waals surface area contributed by atoms with Gasteiger partial charge in [-0.15, -0.1) is 11.3 Å². The minimum atomic E-state index is -0.378. The number of pyridine rings is 1. The number of thiophene rings is 1. The van der Waals surface area contributed by atoms with Crippen molar-refractivity contribution in [1.29, 1.82) is 0 Å². The third-order valence-corrected chi connectivity index (χ3v) is 9.34. The van der Waals surface area contributed by atoms with E-state index < -0.39 is 0 Å². The van der Waals surface area contributed by atoms with E-state index in [0.29, 0.717) is 34.1 Å². The Labute approximate surface area is 234 Å². The van der Waals surface area contributed by atoms with Gasteiger partial charge < -0.3 is 19.4 Å². The van der Waals surface area contributed by atoms with Crippen molar-refractivity contribution in [1.82, 2.24) is 19.4 Å². The molecule has 0 unspecified atom stereocenters. The molecule has 2 atom stereocenters. The zero-order valence-corrected chi connectivity index (χ0v) is 23.1. The third-order valence-electron chi connectivity index (χ3n) is 8.21. The van der Waals surface area contributed by atoms with Crippen LogP contribution in [0.25, 0.3) is 31.7 Å². The largest absolute Gasteiger partial charge is 0.496 e. The maximum Gasteiger partial charge on any atom is 0.328 e. The first-order valence-electron chi connectivity index (χ1n) is 13.7. The van der Waals surface area contributed by atoms with Crippen molar-refractivity contribution in [2.75, 3.05) is 33.4 Å².